The van der Waals surface area contributed by atoms with Gasteiger partial charge in [0, 0.05) is 24.4 Å². The van der Waals surface area contributed by atoms with Crippen molar-refractivity contribution in [2.75, 3.05) is 18.6 Å². The molecule has 0 aromatic heterocycles. The van der Waals surface area contributed by atoms with Gasteiger partial charge in [-0.05, 0) is 25.5 Å². The van der Waals surface area contributed by atoms with E-state index >= 15 is 0 Å². The first-order valence-corrected chi connectivity index (χ1v) is 6.90. The highest BCUT2D eigenvalue weighted by Gasteiger charge is 2.14. The maximum absolute atomic E-state index is 8.92. The zero-order valence-corrected chi connectivity index (χ0v) is 10.7. The van der Waals surface area contributed by atoms with Gasteiger partial charge in [0.1, 0.15) is 0 Å². The van der Waals surface area contributed by atoms with E-state index in [0.29, 0.717) is 18.0 Å². The average molecular weight is 219 g/mol. The van der Waals surface area contributed by atoms with Gasteiger partial charge < -0.3 is 10.4 Å². The Labute approximate surface area is 92.9 Å². The van der Waals surface area contributed by atoms with Crippen molar-refractivity contribution in [3.63, 3.8) is 0 Å². The van der Waals surface area contributed by atoms with Gasteiger partial charge in [-0.2, -0.15) is 11.8 Å². The minimum absolute atomic E-state index is 0.283. The van der Waals surface area contributed by atoms with Crippen LogP contribution in [0.1, 0.15) is 33.6 Å². The van der Waals surface area contributed by atoms with Crippen LogP contribution in [0.5, 0.6) is 0 Å². The maximum Gasteiger partial charge on any atom is 0.0446 e. The topological polar surface area (TPSA) is 32.3 Å². The van der Waals surface area contributed by atoms with Gasteiger partial charge in [-0.1, -0.05) is 20.3 Å². The van der Waals surface area contributed by atoms with E-state index in [1.165, 1.54) is 6.42 Å². The van der Waals surface area contributed by atoms with E-state index in [2.05, 4.69) is 32.3 Å². The fourth-order valence-corrected chi connectivity index (χ4v) is 2.13. The maximum atomic E-state index is 8.92. The predicted octanol–water partition coefficient (Wildman–Crippen LogP) is 2.12. The summed E-state index contributed by atoms with van der Waals surface area (Å²) >= 11 is 1.84. The molecule has 0 amide bonds. The summed E-state index contributed by atoms with van der Waals surface area (Å²) in [6, 6.07) is 1.00. The van der Waals surface area contributed by atoms with Crippen molar-refractivity contribution in [2.45, 2.75) is 45.7 Å². The number of nitrogens with one attached hydrogen (secondary N) is 1. The van der Waals surface area contributed by atoms with Gasteiger partial charge in [0.25, 0.3) is 0 Å². The summed E-state index contributed by atoms with van der Waals surface area (Å²) in [6.45, 7) is 7.01. The Balaban J connectivity index is 3.87. The standard InChI is InChI=1S/C11H25NOS/c1-5-9(2)10(3)12-11(6-7-13)8-14-4/h9-13H,5-8H2,1-4H3. The van der Waals surface area contributed by atoms with E-state index < -0.39 is 0 Å². The molecule has 14 heavy (non-hydrogen) atoms. The van der Waals surface area contributed by atoms with E-state index in [4.69, 9.17) is 5.11 Å². The van der Waals surface area contributed by atoms with Crippen LogP contribution in [-0.4, -0.2) is 35.8 Å². The molecule has 0 aromatic carbocycles. The lowest BCUT2D eigenvalue weighted by molar-refractivity contribution is 0.256. The summed E-state index contributed by atoms with van der Waals surface area (Å²) in [6.07, 6.45) is 4.18. The summed E-state index contributed by atoms with van der Waals surface area (Å²) < 4.78 is 0. The summed E-state index contributed by atoms with van der Waals surface area (Å²) in [5.74, 6) is 1.79. The molecule has 2 N–H and O–H groups in total. The molecule has 0 bridgehead atoms. The second-order valence-electron chi connectivity index (χ2n) is 4.01. The van der Waals surface area contributed by atoms with E-state index in [-0.39, 0.29) is 6.61 Å². The van der Waals surface area contributed by atoms with Gasteiger partial charge in [0.15, 0.2) is 0 Å². The smallest absolute Gasteiger partial charge is 0.0446 e. The van der Waals surface area contributed by atoms with Crippen molar-refractivity contribution in [3.8, 4) is 0 Å². The van der Waals surface area contributed by atoms with Gasteiger partial charge in [0.05, 0.1) is 0 Å². The summed E-state index contributed by atoms with van der Waals surface area (Å²) in [5, 5.41) is 12.5. The molecule has 0 saturated carbocycles. The highest BCUT2D eigenvalue weighted by atomic mass is 32.2. The number of thioether (sulfide) groups is 1. The Bertz CT molecular complexity index is 126. The van der Waals surface area contributed by atoms with Crippen LogP contribution < -0.4 is 5.32 Å². The van der Waals surface area contributed by atoms with Crippen molar-refractivity contribution < 1.29 is 5.11 Å². The number of hydrogen-bond acceptors (Lipinski definition) is 3. The molecule has 0 heterocycles. The third-order valence-electron chi connectivity index (χ3n) is 2.84. The van der Waals surface area contributed by atoms with Crippen molar-refractivity contribution in [3.05, 3.63) is 0 Å². The highest BCUT2D eigenvalue weighted by molar-refractivity contribution is 7.98. The van der Waals surface area contributed by atoms with Crippen LogP contribution in [0.15, 0.2) is 0 Å². The minimum atomic E-state index is 0.283. The molecule has 0 aromatic rings. The van der Waals surface area contributed by atoms with Crippen molar-refractivity contribution in [1.82, 2.24) is 5.32 Å². The van der Waals surface area contributed by atoms with Gasteiger partial charge in [0.2, 0.25) is 0 Å². The molecule has 3 atom stereocenters. The lowest BCUT2D eigenvalue weighted by atomic mass is 10.00. The molecule has 3 unspecified atom stereocenters. The predicted molar refractivity (Wildman–Crippen MR) is 65.9 cm³/mol. The van der Waals surface area contributed by atoms with Crippen molar-refractivity contribution in [2.24, 2.45) is 5.92 Å². The summed E-state index contributed by atoms with van der Waals surface area (Å²) in [7, 11) is 0. The molecule has 86 valence electrons. The van der Waals surface area contributed by atoms with Crippen LogP contribution in [0, 0.1) is 5.92 Å². The number of aliphatic hydroxyl groups excluding tert-OH is 1. The monoisotopic (exact) mass is 219 g/mol. The minimum Gasteiger partial charge on any atom is -0.396 e. The van der Waals surface area contributed by atoms with Crippen LogP contribution in [0.3, 0.4) is 0 Å². The number of rotatable bonds is 8. The van der Waals surface area contributed by atoms with Crippen LogP contribution in [0.4, 0.5) is 0 Å². The quantitative estimate of drug-likeness (QED) is 0.656. The Morgan fingerprint density at radius 2 is 2.00 bits per heavy atom. The summed E-state index contributed by atoms with van der Waals surface area (Å²) in [5.41, 5.74) is 0. The van der Waals surface area contributed by atoms with Crippen LogP contribution >= 0.6 is 11.8 Å². The van der Waals surface area contributed by atoms with Crippen LogP contribution in [-0.2, 0) is 0 Å². The fourth-order valence-electron chi connectivity index (χ4n) is 1.46. The molecule has 3 heteroatoms. The van der Waals surface area contributed by atoms with Crippen molar-refractivity contribution in [1.29, 1.82) is 0 Å². The van der Waals surface area contributed by atoms with Gasteiger partial charge >= 0.3 is 0 Å². The van der Waals surface area contributed by atoms with E-state index in [1.807, 2.05) is 11.8 Å². The Hall–Kier alpha value is 0.270. The molecule has 0 rings (SSSR count). The third-order valence-corrected chi connectivity index (χ3v) is 3.58. The van der Waals surface area contributed by atoms with Gasteiger partial charge in [-0.25, -0.2) is 0 Å². The van der Waals surface area contributed by atoms with Crippen LogP contribution in [0.2, 0.25) is 0 Å². The first-order chi connectivity index (χ1) is 6.65. The normalized spacial score (nSPS) is 17.8. The fraction of sp³-hybridized carbons (Fsp3) is 1.00. The highest BCUT2D eigenvalue weighted by Crippen LogP contribution is 2.10. The molecule has 0 fully saturated rings. The Morgan fingerprint density at radius 1 is 1.36 bits per heavy atom. The number of hydrogen-bond donors (Lipinski definition) is 2. The first-order valence-electron chi connectivity index (χ1n) is 5.51. The van der Waals surface area contributed by atoms with E-state index in [1.54, 1.807) is 0 Å². The Kier molecular flexibility index (Phi) is 8.73. The summed E-state index contributed by atoms with van der Waals surface area (Å²) in [4.78, 5) is 0. The second-order valence-corrected chi connectivity index (χ2v) is 4.92. The van der Waals surface area contributed by atoms with Crippen molar-refractivity contribution >= 4 is 11.8 Å². The van der Waals surface area contributed by atoms with Gasteiger partial charge in [-0.15, -0.1) is 0 Å². The third kappa shape index (κ3) is 5.89. The molecule has 0 aliphatic rings. The lowest BCUT2D eigenvalue weighted by Gasteiger charge is -2.26. The Morgan fingerprint density at radius 3 is 2.43 bits per heavy atom. The molecular weight excluding hydrogens is 194 g/mol. The first kappa shape index (κ1) is 14.3. The lowest BCUT2D eigenvalue weighted by Crippen LogP contribution is -2.42. The second kappa shape index (κ2) is 8.57. The molecule has 0 spiro atoms. The average Bonchev–Trinajstić information content (AvgIpc) is 2.17. The molecule has 0 aliphatic heterocycles. The molecule has 0 saturated heterocycles. The zero-order valence-electron chi connectivity index (χ0n) is 9.92. The molecule has 2 nitrogen and oxygen atoms in total. The van der Waals surface area contributed by atoms with Crippen LogP contribution in [0.25, 0.3) is 0 Å². The number of aliphatic hydroxyl groups is 1. The van der Waals surface area contributed by atoms with Gasteiger partial charge in [-0.3, -0.25) is 0 Å². The van der Waals surface area contributed by atoms with E-state index in [0.717, 1.165) is 12.2 Å². The largest absolute Gasteiger partial charge is 0.396 e. The molecule has 0 radical (unpaired) electrons. The molecule has 0 aliphatic carbocycles. The van der Waals surface area contributed by atoms with E-state index in [9.17, 15) is 0 Å². The molecular formula is C11H25NOS. The SMILES string of the molecule is CCC(C)C(C)NC(CCO)CSC. The zero-order chi connectivity index (χ0) is 11.0.